The summed E-state index contributed by atoms with van der Waals surface area (Å²) in [6.07, 6.45) is 1.14. The standard InChI is InChI=1S/C16H18N2O4/c1-9(4-5-10(2)21-3)14-15(18-22-16(14)17)12-7-6-11(19)8-13(12)20/h6-8,19-20H,1-2,4-5,17H2,3H3. The van der Waals surface area contributed by atoms with Crippen molar-refractivity contribution in [1.29, 1.82) is 0 Å². The monoisotopic (exact) mass is 302 g/mol. The van der Waals surface area contributed by atoms with Crippen LogP contribution < -0.4 is 5.73 Å². The van der Waals surface area contributed by atoms with E-state index in [1.165, 1.54) is 18.2 Å². The van der Waals surface area contributed by atoms with Crippen molar-refractivity contribution in [3.63, 3.8) is 0 Å². The van der Waals surface area contributed by atoms with Crippen molar-refractivity contribution < 1.29 is 19.5 Å². The van der Waals surface area contributed by atoms with Crippen LogP contribution in [0, 0.1) is 0 Å². The van der Waals surface area contributed by atoms with Gasteiger partial charge in [-0.25, -0.2) is 0 Å². The molecule has 0 saturated carbocycles. The summed E-state index contributed by atoms with van der Waals surface area (Å²) >= 11 is 0. The molecule has 2 rings (SSSR count). The van der Waals surface area contributed by atoms with E-state index in [2.05, 4.69) is 18.3 Å². The Bertz CT molecular complexity index is 719. The molecule has 1 aromatic heterocycles. The molecule has 116 valence electrons. The van der Waals surface area contributed by atoms with Gasteiger partial charge in [-0.1, -0.05) is 18.3 Å². The summed E-state index contributed by atoms with van der Waals surface area (Å²) in [6.45, 7) is 7.74. The normalized spacial score (nSPS) is 10.4. The number of anilines is 1. The summed E-state index contributed by atoms with van der Waals surface area (Å²) in [6, 6.07) is 4.20. The van der Waals surface area contributed by atoms with Crippen molar-refractivity contribution in [2.75, 3.05) is 12.8 Å². The molecular weight excluding hydrogens is 284 g/mol. The van der Waals surface area contributed by atoms with E-state index in [-0.39, 0.29) is 17.4 Å². The highest BCUT2D eigenvalue weighted by molar-refractivity contribution is 5.85. The number of methoxy groups -OCH3 is 1. The number of nitrogens with two attached hydrogens (primary N) is 1. The van der Waals surface area contributed by atoms with E-state index < -0.39 is 0 Å². The van der Waals surface area contributed by atoms with E-state index in [0.717, 1.165) is 0 Å². The zero-order valence-electron chi connectivity index (χ0n) is 12.3. The number of hydrogen-bond acceptors (Lipinski definition) is 6. The Morgan fingerprint density at radius 3 is 2.68 bits per heavy atom. The molecule has 22 heavy (non-hydrogen) atoms. The largest absolute Gasteiger partial charge is 0.508 e. The molecule has 0 unspecified atom stereocenters. The van der Waals surface area contributed by atoms with E-state index in [4.69, 9.17) is 15.0 Å². The third-order valence-electron chi connectivity index (χ3n) is 3.30. The van der Waals surface area contributed by atoms with Gasteiger partial charge in [-0.05, 0) is 24.1 Å². The van der Waals surface area contributed by atoms with Crippen molar-refractivity contribution in [1.82, 2.24) is 5.16 Å². The first kappa shape index (κ1) is 15.5. The second-order valence-electron chi connectivity index (χ2n) is 4.82. The average molecular weight is 302 g/mol. The first-order chi connectivity index (χ1) is 10.4. The summed E-state index contributed by atoms with van der Waals surface area (Å²) in [7, 11) is 1.55. The van der Waals surface area contributed by atoms with E-state index in [0.29, 0.717) is 41.0 Å². The predicted octanol–water partition coefficient (Wildman–Crippen LogP) is 3.29. The molecule has 0 saturated heterocycles. The van der Waals surface area contributed by atoms with Crippen LogP contribution in [0.4, 0.5) is 5.88 Å². The number of nitrogens with zero attached hydrogens (tertiary/aromatic N) is 1. The maximum absolute atomic E-state index is 9.97. The maximum atomic E-state index is 9.97. The van der Waals surface area contributed by atoms with Crippen LogP contribution in [0.1, 0.15) is 18.4 Å². The number of phenols is 2. The van der Waals surface area contributed by atoms with Crippen LogP contribution >= 0.6 is 0 Å². The Labute approximate surface area is 128 Å². The van der Waals surface area contributed by atoms with Crippen LogP contribution in [-0.2, 0) is 4.74 Å². The Hall–Kier alpha value is -2.89. The lowest BCUT2D eigenvalue weighted by atomic mass is 9.98. The second kappa shape index (κ2) is 6.26. The van der Waals surface area contributed by atoms with Crippen LogP contribution in [0.3, 0.4) is 0 Å². The van der Waals surface area contributed by atoms with Gasteiger partial charge >= 0.3 is 0 Å². The molecule has 0 fully saturated rings. The highest BCUT2D eigenvalue weighted by atomic mass is 16.5. The van der Waals surface area contributed by atoms with E-state index >= 15 is 0 Å². The number of allylic oxidation sites excluding steroid dienone is 2. The molecule has 1 heterocycles. The Balaban J connectivity index is 2.35. The predicted molar refractivity (Wildman–Crippen MR) is 84.1 cm³/mol. The summed E-state index contributed by atoms with van der Waals surface area (Å²) in [5.41, 5.74) is 7.83. The second-order valence-corrected chi connectivity index (χ2v) is 4.82. The van der Waals surface area contributed by atoms with Crippen LogP contribution in [-0.4, -0.2) is 22.5 Å². The van der Waals surface area contributed by atoms with Crippen LogP contribution in [0.5, 0.6) is 11.5 Å². The minimum atomic E-state index is -0.122. The molecular formula is C16H18N2O4. The third-order valence-corrected chi connectivity index (χ3v) is 3.30. The lowest BCUT2D eigenvalue weighted by Crippen LogP contribution is -1.94. The van der Waals surface area contributed by atoms with Crippen molar-refractivity contribution in [2.24, 2.45) is 0 Å². The highest BCUT2D eigenvalue weighted by Crippen LogP contribution is 2.39. The lowest BCUT2D eigenvalue weighted by molar-refractivity contribution is 0.280. The zero-order valence-corrected chi connectivity index (χ0v) is 12.3. The van der Waals surface area contributed by atoms with E-state index in [9.17, 15) is 10.2 Å². The van der Waals surface area contributed by atoms with Crippen LogP contribution in [0.15, 0.2) is 41.6 Å². The Morgan fingerprint density at radius 2 is 2.05 bits per heavy atom. The summed E-state index contributed by atoms with van der Waals surface area (Å²) in [4.78, 5) is 0. The molecule has 0 atom stereocenters. The number of phenolic OH excluding ortho intramolecular Hbond substituents is 2. The van der Waals surface area contributed by atoms with Gasteiger partial charge in [0.2, 0.25) is 5.88 Å². The molecule has 0 aliphatic rings. The van der Waals surface area contributed by atoms with Crippen LogP contribution in [0.2, 0.25) is 0 Å². The fourth-order valence-corrected chi connectivity index (χ4v) is 2.07. The molecule has 0 amide bonds. The Morgan fingerprint density at radius 1 is 1.32 bits per heavy atom. The van der Waals surface area contributed by atoms with Gasteiger partial charge in [-0.15, -0.1) is 0 Å². The topological polar surface area (TPSA) is 102 Å². The average Bonchev–Trinajstić information content (AvgIpc) is 2.86. The molecule has 6 heteroatoms. The van der Waals surface area contributed by atoms with Gasteiger partial charge in [0.05, 0.1) is 18.4 Å². The van der Waals surface area contributed by atoms with Gasteiger partial charge < -0.3 is 25.2 Å². The number of hydrogen-bond donors (Lipinski definition) is 3. The molecule has 1 aromatic carbocycles. The van der Waals surface area contributed by atoms with Gasteiger partial charge in [-0.2, -0.15) is 0 Å². The SMILES string of the molecule is C=C(CCC(=C)c1c(-c2ccc(O)cc2O)noc1N)OC. The van der Waals surface area contributed by atoms with Gasteiger partial charge in [-0.3, -0.25) is 0 Å². The minimum Gasteiger partial charge on any atom is -0.508 e. The molecule has 0 aliphatic carbocycles. The van der Waals surface area contributed by atoms with Crippen LogP contribution in [0.25, 0.3) is 16.8 Å². The van der Waals surface area contributed by atoms with Crippen molar-refractivity contribution in [3.05, 3.63) is 42.7 Å². The fraction of sp³-hybridized carbons (Fsp3) is 0.188. The summed E-state index contributed by atoms with van der Waals surface area (Å²) < 4.78 is 10.1. The molecule has 0 aliphatic heterocycles. The Kier molecular flexibility index (Phi) is 4.41. The van der Waals surface area contributed by atoms with Gasteiger partial charge in [0.1, 0.15) is 17.2 Å². The molecule has 0 spiro atoms. The van der Waals surface area contributed by atoms with Gasteiger partial charge in [0.25, 0.3) is 0 Å². The lowest BCUT2D eigenvalue weighted by Gasteiger charge is -2.09. The molecule has 6 nitrogen and oxygen atoms in total. The number of nitrogen functional groups attached to an aromatic ring is 1. The third kappa shape index (κ3) is 3.06. The maximum Gasteiger partial charge on any atom is 0.230 e. The molecule has 0 bridgehead atoms. The summed E-state index contributed by atoms with van der Waals surface area (Å²) in [5.74, 6) is 0.582. The van der Waals surface area contributed by atoms with E-state index in [1.54, 1.807) is 7.11 Å². The van der Waals surface area contributed by atoms with Gasteiger partial charge in [0.15, 0.2) is 0 Å². The number of benzene rings is 1. The van der Waals surface area contributed by atoms with Crippen molar-refractivity contribution in [2.45, 2.75) is 12.8 Å². The van der Waals surface area contributed by atoms with E-state index in [1.807, 2.05) is 0 Å². The minimum absolute atomic E-state index is 0.0468. The molecule has 2 aromatic rings. The van der Waals surface area contributed by atoms with Gasteiger partial charge in [0, 0.05) is 18.1 Å². The smallest absolute Gasteiger partial charge is 0.230 e. The van der Waals surface area contributed by atoms with Crippen molar-refractivity contribution in [3.8, 4) is 22.8 Å². The number of aromatic hydroxyl groups is 2. The quantitative estimate of drug-likeness (QED) is 0.708. The number of aromatic nitrogens is 1. The molecule has 0 radical (unpaired) electrons. The first-order valence-corrected chi connectivity index (χ1v) is 6.61. The zero-order chi connectivity index (χ0) is 16.3. The number of ether oxygens (including phenoxy) is 1. The van der Waals surface area contributed by atoms with Crippen molar-refractivity contribution >= 4 is 11.5 Å². The highest BCUT2D eigenvalue weighted by Gasteiger charge is 2.20. The fourth-order valence-electron chi connectivity index (χ4n) is 2.07. The molecule has 4 N–H and O–H groups in total. The first-order valence-electron chi connectivity index (χ1n) is 6.61. The summed E-state index contributed by atoms with van der Waals surface area (Å²) in [5, 5.41) is 23.2. The number of rotatable bonds is 6.